The normalized spacial score (nSPS) is 9.18. The van der Waals surface area contributed by atoms with Crippen molar-refractivity contribution < 1.29 is 143 Å². The number of nitrogens with zero attached hydrogens (tertiary/aromatic N) is 6. The molecule has 0 fully saturated rings. The van der Waals surface area contributed by atoms with Crippen LogP contribution >= 0.6 is 0 Å². The molecule has 0 bridgehead atoms. The quantitative estimate of drug-likeness (QED) is 0.190. The Morgan fingerprint density at radius 1 is 0.412 bits per heavy atom. The van der Waals surface area contributed by atoms with Gasteiger partial charge in [-0.05, 0) is 0 Å². The van der Waals surface area contributed by atoms with Gasteiger partial charge in [-0.25, -0.2) is 0 Å². The van der Waals surface area contributed by atoms with E-state index in [9.17, 15) is 70.9 Å². The van der Waals surface area contributed by atoms with Crippen LogP contribution in [-0.4, -0.2) is 29.5 Å². The molecule has 0 aliphatic rings. The molecule has 0 amide bonds. The molecule has 0 unspecified atom stereocenters. The molecule has 22 heteroatoms. The maximum Gasteiger partial charge on any atom is 1.00 e. The molecule has 0 spiro atoms. The number of benzene rings is 2. The summed E-state index contributed by atoms with van der Waals surface area (Å²) < 4.78 is 0. The van der Waals surface area contributed by atoms with E-state index >= 15 is 0 Å². The molecule has 0 aromatic heterocycles. The zero-order valence-corrected chi connectivity index (χ0v) is 23.0. The van der Waals surface area contributed by atoms with E-state index in [0.717, 1.165) is 0 Å². The summed E-state index contributed by atoms with van der Waals surface area (Å²) in [6.07, 6.45) is 0. The van der Waals surface area contributed by atoms with Crippen molar-refractivity contribution in [3.63, 3.8) is 0 Å². The standard InChI is InChI=1S/2C6H3N3O7.2K/c2*10-6-4(8(13)14)1-3(7(11)12)2-5(6)9(15)16;;/h2*1-2,10H;;/q;;2*+1/p-2. The van der Waals surface area contributed by atoms with E-state index in [2.05, 4.69) is 0 Å². The number of rotatable bonds is 6. The van der Waals surface area contributed by atoms with Crippen LogP contribution in [0.1, 0.15) is 0 Å². The van der Waals surface area contributed by atoms with Gasteiger partial charge in [-0.15, -0.1) is 0 Å². The van der Waals surface area contributed by atoms with Crippen LogP contribution in [0.25, 0.3) is 0 Å². The van der Waals surface area contributed by atoms with Gasteiger partial charge in [-0.3, -0.25) is 60.7 Å². The van der Waals surface area contributed by atoms with Crippen molar-refractivity contribution in [1.29, 1.82) is 0 Å². The number of hydrogen-bond donors (Lipinski definition) is 0. The SMILES string of the molecule is O=[N+]([O-])c1cc([N+](=O)[O-])c([O-])c([N+](=O)[O-])c1.O=[N+]([O-])c1cc([N+](=O)[O-])c([O-])c([N+](=O)[O-])c1.[K+].[K+]. The van der Waals surface area contributed by atoms with Gasteiger partial charge < -0.3 is 10.2 Å². The average molecular weight is 534 g/mol. The zero-order valence-electron chi connectivity index (χ0n) is 16.7. The predicted molar refractivity (Wildman–Crippen MR) is 91.7 cm³/mol. The largest absolute Gasteiger partial charge is 1.00 e. The van der Waals surface area contributed by atoms with Gasteiger partial charge >= 0.3 is 103 Å². The van der Waals surface area contributed by atoms with Gasteiger partial charge in [0.25, 0.3) is 34.1 Å². The molecule has 0 radical (unpaired) electrons. The van der Waals surface area contributed by atoms with Crippen LogP contribution in [0.3, 0.4) is 0 Å². The molecule has 0 saturated carbocycles. The van der Waals surface area contributed by atoms with Crippen molar-refractivity contribution in [1.82, 2.24) is 0 Å². The van der Waals surface area contributed by atoms with Gasteiger partial charge in [-0.1, -0.05) is 0 Å². The second-order valence-electron chi connectivity index (χ2n) is 5.17. The fraction of sp³-hybridized carbons (Fsp3) is 0. The summed E-state index contributed by atoms with van der Waals surface area (Å²) >= 11 is 0. The maximum atomic E-state index is 11.1. The molecule has 0 atom stereocenters. The third kappa shape index (κ3) is 8.49. The Morgan fingerprint density at radius 3 is 0.706 bits per heavy atom. The van der Waals surface area contributed by atoms with Crippen LogP contribution in [0.2, 0.25) is 0 Å². The van der Waals surface area contributed by atoms with Crippen LogP contribution in [0, 0.1) is 60.7 Å². The summed E-state index contributed by atoms with van der Waals surface area (Å²) in [4.78, 5) is 55.0. The molecule has 34 heavy (non-hydrogen) atoms. The van der Waals surface area contributed by atoms with Crippen LogP contribution < -0.4 is 113 Å². The third-order valence-corrected chi connectivity index (χ3v) is 3.28. The van der Waals surface area contributed by atoms with Gasteiger partial charge in [0.15, 0.2) is 0 Å². The Labute approximate surface area is 269 Å². The summed E-state index contributed by atoms with van der Waals surface area (Å²) in [5.41, 5.74) is -6.53. The monoisotopic (exact) mass is 534 g/mol. The Bertz CT molecular complexity index is 1030. The minimum absolute atomic E-state index is 0. The second-order valence-corrected chi connectivity index (χ2v) is 5.17. The number of hydrogen-bond acceptors (Lipinski definition) is 14. The summed E-state index contributed by atoms with van der Waals surface area (Å²) in [6.45, 7) is 0. The first kappa shape index (κ1) is 33.9. The van der Waals surface area contributed by atoms with E-state index in [1.54, 1.807) is 0 Å². The molecule has 0 N–H and O–H groups in total. The van der Waals surface area contributed by atoms with E-state index < -0.39 is 75.2 Å². The molecule has 0 heterocycles. The molecular weight excluding hydrogens is 530 g/mol. The molecule has 0 aliphatic heterocycles. The summed E-state index contributed by atoms with van der Waals surface area (Å²) in [6, 6.07) is 1.54. The first-order chi connectivity index (χ1) is 14.7. The number of nitro benzene ring substituents is 6. The van der Waals surface area contributed by atoms with E-state index in [4.69, 9.17) is 0 Å². The zero-order chi connectivity index (χ0) is 24.9. The number of non-ortho nitro benzene ring substituents is 2. The predicted octanol–water partition coefficient (Wildman–Crippen LogP) is -5.02. The maximum absolute atomic E-state index is 11.1. The van der Waals surface area contributed by atoms with Gasteiger partial charge in [-0.2, -0.15) is 0 Å². The smallest absolute Gasteiger partial charge is 0.863 e. The van der Waals surface area contributed by atoms with Crippen molar-refractivity contribution in [2.75, 3.05) is 0 Å². The molecule has 20 nitrogen and oxygen atoms in total. The topological polar surface area (TPSA) is 305 Å². The van der Waals surface area contributed by atoms with Crippen LogP contribution in [-0.2, 0) is 0 Å². The van der Waals surface area contributed by atoms with Crippen molar-refractivity contribution in [2.24, 2.45) is 0 Å². The minimum Gasteiger partial charge on any atom is -0.863 e. The Kier molecular flexibility index (Phi) is 14.1. The van der Waals surface area contributed by atoms with E-state index in [1.165, 1.54) is 0 Å². The van der Waals surface area contributed by atoms with E-state index in [1.807, 2.05) is 0 Å². The van der Waals surface area contributed by atoms with Crippen molar-refractivity contribution in [3.05, 3.63) is 85.0 Å². The summed E-state index contributed by atoms with van der Waals surface area (Å²) in [5, 5.41) is 84.2. The van der Waals surface area contributed by atoms with E-state index in [-0.39, 0.29) is 103 Å². The Hall–Kier alpha value is -2.29. The molecule has 2 aromatic rings. The molecular formula is C12H4K2N6O14. The van der Waals surface area contributed by atoms with Gasteiger partial charge in [0.05, 0.1) is 65.3 Å². The minimum atomic E-state index is -1.46. The van der Waals surface area contributed by atoms with Gasteiger partial charge in [0, 0.05) is 0 Å². The summed E-state index contributed by atoms with van der Waals surface area (Å²) in [7, 11) is 0. The molecule has 2 rings (SSSR count). The average Bonchev–Trinajstić information content (AvgIpc) is 2.67. The third-order valence-electron chi connectivity index (χ3n) is 3.28. The van der Waals surface area contributed by atoms with E-state index in [0.29, 0.717) is 24.3 Å². The fourth-order valence-corrected chi connectivity index (χ4v) is 1.92. The van der Waals surface area contributed by atoms with Crippen LogP contribution in [0.5, 0.6) is 11.5 Å². The van der Waals surface area contributed by atoms with Gasteiger partial charge in [0.1, 0.15) is 0 Å². The Morgan fingerprint density at radius 2 is 0.588 bits per heavy atom. The van der Waals surface area contributed by atoms with Crippen molar-refractivity contribution >= 4 is 34.1 Å². The summed E-state index contributed by atoms with van der Waals surface area (Å²) in [5.74, 6) is -2.92. The number of nitro groups is 6. The molecule has 0 aliphatic carbocycles. The first-order valence-corrected chi connectivity index (χ1v) is 7.25. The second kappa shape index (κ2) is 14.2. The van der Waals surface area contributed by atoms with Crippen molar-refractivity contribution in [3.8, 4) is 11.5 Å². The fourth-order valence-electron chi connectivity index (χ4n) is 1.92. The van der Waals surface area contributed by atoms with Crippen LogP contribution in [0.4, 0.5) is 34.1 Å². The first-order valence-electron chi connectivity index (χ1n) is 7.25. The molecule has 0 saturated heterocycles. The molecule has 168 valence electrons. The van der Waals surface area contributed by atoms with Crippen molar-refractivity contribution in [2.45, 2.75) is 0 Å². The van der Waals surface area contributed by atoms with Gasteiger partial charge in [0.2, 0.25) is 0 Å². The molecule has 2 aromatic carbocycles. The van der Waals surface area contributed by atoms with Crippen LogP contribution in [0.15, 0.2) is 24.3 Å². The Balaban J connectivity index is 0.